The maximum Gasteiger partial charge on any atom is 0.325 e. The zero-order chi connectivity index (χ0) is 14.1. The molecule has 110 valence electrons. The van der Waals surface area contributed by atoms with Gasteiger partial charge in [-0.3, -0.25) is 9.59 Å². The van der Waals surface area contributed by atoms with Crippen molar-refractivity contribution >= 4 is 11.9 Å². The zero-order valence-corrected chi connectivity index (χ0v) is 12.0. The molecule has 1 fully saturated rings. The first-order valence-corrected chi connectivity index (χ1v) is 6.96. The highest BCUT2D eigenvalue weighted by Gasteiger charge is 2.18. The molecule has 1 amide bonds. The standard InChI is InChI=1S/C13H25N3O3/c1-3-19-13(18)11-16-8-4-6-14-7-10-15(2)9-5-12(16)17/h14H,3-11H2,1-2H3. The number of nitrogens with zero attached hydrogens (tertiary/aromatic N) is 2. The number of carbonyl (C=O) groups is 2. The Morgan fingerprint density at radius 2 is 2.11 bits per heavy atom. The number of hydrogen-bond acceptors (Lipinski definition) is 5. The minimum Gasteiger partial charge on any atom is -0.465 e. The predicted octanol–water partition coefficient (Wildman–Crippen LogP) is -0.307. The Bertz CT molecular complexity index is 297. The van der Waals surface area contributed by atoms with Gasteiger partial charge in [0, 0.05) is 32.6 Å². The van der Waals surface area contributed by atoms with Gasteiger partial charge < -0.3 is 19.9 Å². The van der Waals surface area contributed by atoms with Crippen molar-refractivity contribution in [2.45, 2.75) is 19.8 Å². The molecule has 1 N–H and O–H groups in total. The first-order valence-electron chi connectivity index (χ1n) is 6.96. The minimum atomic E-state index is -0.327. The van der Waals surface area contributed by atoms with E-state index in [1.165, 1.54) is 0 Å². The van der Waals surface area contributed by atoms with Crippen LogP contribution in [0, 0.1) is 0 Å². The number of carbonyl (C=O) groups excluding carboxylic acids is 2. The fraction of sp³-hybridized carbons (Fsp3) is 0.846. The topological polar surface area (TPSA) is 61.9 Å². The average molecular weight is 271 g/mol. The number of ether oxygens (including phenoxy) is 1. The number of esters is 1. The molecular formula is C13H25N3O3. The fourth-order valence-corrected chi connectivity index (χ4v) is 2.00. The smallest absolute Gasteiger partial charge is 0.325 e. The predicted molar refractivity (Wildman–Crippen MR) is 72.8 cm³/mol. The Balaban J connectivity index is 2.53. The van der Waals surface area contributed by atoms with Crippen molar-refractivity contribution in [1.29, 1.82) is 0 Å². The van der Waals surface area contributed by atoms with E-state index < -0.39 is 0 Å². The van der Waals surface area contributed by atoms with Gasteiger partial charge in [0.2, 0.25) is 5.91 Å². The first kappa shape index (κ1) is 15.9. The molecule has 0 bridgehead atoms. The number of rotatable bonds is 3. The molecule has 0 aliphatic carbocycles. The van der Waals surface area contributed by atoms with Gasteiger partial charge >= 0.3 is 5.97 Å². The van der Waals surface area contributed by atoms with Crippen LogP contribution in [0.1, 0.15) is 19.8 Å². The van der Waals surface area contributed by atoms with Crippen molar-refractivity contribution in [1.82, 2.24) is 15.1 Å². The molecule has 1 aliphatic heterocycles. The van der Waals surface area contributed by atoms with E-state index in [1.54, 1.807) is 11.8 Å². The molecule has 1 aliphatic rings. The maximum atomic E-state index is 12.1. The summed E-state index contributed by atoms with van der Waals surface area (Å²) in [6.07, 6.45) is 1.31. The summed E-state index contributed by atoms with van der Waals surface area (Å²) in [4.78, 5) is 27.3. The molecular weight excluding hydrogens is 246 g/mol. The van der Waals surface area contributed by atoms with Crippen LogP contribution in [0.25, 0.3) is 0 Å². The van der Waals surface area contributed by atoms with Gasteiger partial charge in [-0.1, -0.05) is 0 Å². The van der Waals surface area contributed by atoms with E-state index in [0.29, 0.717) is 19.6 Å². The van der Waals surface area contributed by atoms with Crippen LogP contribution >= 0.6 is 0 Å². The molecule has 1 rings (SSSR count). The molecule has 0 aromatic rings. The molecule has 1 saturated heterocycles. The second-order valence-corrected chi connectivity index (χ2v) is 4.78. The van der Waals surface area contributed by atoms with Crippen molar-refractivity contribution in [3.8, 4) is 0 Å². The number of amides is 1. The number of hydrogen-bond donors (Lipinski definition) is 1. The van der Waals surface area contributed by atoms with Gasteiger partial charge in [-0.05, 0) is 26.9 Å². The van der Waals surface area contributed by atoms with Crippen LogP contribution in [0.5, 0.6) is 0 Å². The molecule has 6 nitrogen and oxygen atoms in total. The van der Waals surface area contributed by atoms with Crippen LogP contribution in [0.3, 0.4) is 0 Å². The highest BCUT2D eigenvalue weighted by Crippen LogP contribution is 2.00. The van der Waals surface area contributed by atoms with E-state index in [0.717, 1.165) is 32.6 Å². The molecule has 0 atom stereocenters. The summed E-state index contributed by atoms with van der Waals surface area (Å²) in [5.41, 5.74) is 0. The average Bonchev–Trinajstić information content (AvgIpc) is 2.40. The Labute approximate surface area is 115 Å². The first-order chi connectivity index (χ1) is 9.13. The van der Waals surface area contributed by atoms with Crippen molar-refractivity contribution in [2.75, 3.05) is 52.9 Å². The van der Waals surface area contributed by atoms with Crippen LogP contribution in [0.15, 0.2) is 0 Å². The lowest BCUT2D eigenvalue weighted by Crippen LogP contribution is -2.38. The molecule has 1 heterocycles. The third kappa shape index (κ3) is 6.54. The Kier molecular flexibility index (Phi) is 7.43. The summed E-state index contributed by atoms with van der Waals surface area (Å²) in [5, 5.41) is 3.33. The van der Waals surface area contributed by atoms with Crippen molar-refractivity contribution < 1.29 is 14.3 Å². The highest BCUT2D eigenvalue weighted by molar-refractivity contribution is 5.82. The molecule has 0 spiro atoms. The van der Waals surface area contributed by atoms with Gasteiger partial charge in [-0.25, -0.2) is 0 Å². The summed E-state index contributed by atoms with van der Waals surface area (Å²) in [6, 6.07) is 0. The second kappa shape index (κ2) is 8.87. The summed E-state index contributed by atoms with van der Waals surface area (Å²) in [6.45, 7) is 6.25. The normalized spacial score (nSPS) is 19.9. The van der Waals surface area contributed by atoms with Gasteiger partial charge in [0.25, 0.3) is 0 Å². The van der Waals surface area contributed by atoms with E-state index in [4.69, 9.17) is 4.74 Å². The summed E-state index contributed by atoms with van der Waals surface area (Å²) >= 11 is 0. The van der Waals surface area contributed by atoms with Crippen molar-refractivity contribution in [3.63, 3.8) is 0 Å². The zero-order valence-electron chi connectivity index (χ0n) is 12.0. The van der Waals surface area contributed by atoms with Crippen LogP contribution < -0.4 is 5.32 Å². The third-order valence-electron chi connectivity index (χ3n) is 3.14. The van der Waals surface area contributed by atoms with Crippen LogP contribution in [0.4, 0.5) is 0 Å². The van der Waals surface area contributed by atoms with E-state index in [9.17, 15) is 9.59 Å². The molecule has 6 heteroatoms. The van der Waals surface area contributed by atoms with Gasteiger partial charge in [0.1, 0.15) is 6.54 Å². The third-order valence-corrected chi connectivity index (χ3v) is 3.14. The molecule has 0 radical (unpaired) electrons. The lowest BCUT2D eigenvalue weighted by Gasteiger charge is -2.22. The SMILES string of the molecule is CCOC(=O)CN1CCCNCCN(C)CCC1=O. The van der Waals surface area contributed by atoms with Crippen LogP contribution in [-0.4, -0.2) is 74.6 Å². The van der Waals surface area contributed by atoms with Crippen molar-refractivity contribution in [2.24, 2.45) is 0 Å². The van der Waals surface area contributed by atoms with Crippen LogP contribution in [0.2, 0.25) is 0 Å². The van der Waals surface area contributed by atoms with Crippen molar-refractivity contribution in [3.05, 3.63) is 0 Å². The van der Waals surface area contributed by atoms with E-state index in [1.807, 2.05) is 7.05 Å². The molecule has 19 heavy (non-hydrogen) atoms. The Morgan fingerprint density at radius 1 is 1.32 bits per heavy atom. The van der Waals surface area contributed by atoms with Crippen LogP contribution in [-0.2, 0) is 14.3 Å². The van der Waals surface area contributed by atoms with Gasteiger partial charge in [0.05, 0.1) is 6.61 Å². The fourth-order valence-electron chi connectivity index (χ4n) is 2.00. The lowest BCUT2D eigenvalue weighted by atomic mass is 10.3. The maximum absolute atomic E-state index is 12.1. The monoisotopic (exact) mass is 271 g/mol. The van der Waals surface area contributed by atoms with E-state index in [2.05, 4.69) is 10.2 Å². The molecule has 0 saturated carbocycles. The number of nitrogens with one attached hydrogen (secondary N) is 1. The molecule has 0 aromatic carbocycles. The summed E-state index contributed by atoms with van der Waals surface area (Å²) in [5.74, 6) is -0.297. The molecule has 0 unspecified atom stereocenters. The van der Waals surface area contributed by atoms with Gasteiger partial charge in [-0.15, -0.1) is 0 Å². The lowest BCUT2D eigenvalue weighted by molar-refractivity contribution is -0.149. The molecule has 0 aromatic heterocycles. The summed E-state index contributed by atoms with van der Waals surface area (Å²) in [7, 11) is 2.00. The minimum absolute atomic E-state index is 0.0294. The summed E-state index contributed by atoms with van der Waals surface area (Å²) < 4.78 is 4.91. The van der Waals surface area contributed by atoms with E-state index >= 15 is 0 Å². The second-order valence-electron chi connectivity index (χ2n) is 4.78. The van der Waals surface area contributed by atoms with Gasteiger partial charge in [0.15, 0.2) is 0 Å². The quantitative estimate of drug-likeness (QED) is 0.714. The largest absolute Gasteiger partial charge is 0.465 e. The number of likely N-dealkylation sites (N-methyl/N-ethyl adjacent to an activating group) is 1. The Hall–Kier alpha value is -1.14. The van der Waals surface area contributed by atoms with Gasteiger partial charge in [-0.2, -0.15) is 0 Å². The van der Waals surface area contributed by atoms with E-state index in [-0.39, 0.29) is 18.4 Å². The highest BCUT2D eigenvalue weighted by atomic mass is 16.5. The Morgan fingerprint density at radius 3 is 2.84 bits per heavy atom.